The van der Waals surface area contributed by atoms with Crippen LogP contribution in [0.3, 0.4) is 0 Å². The third-order valence-corrected chi connectivity index (χ3v) is 3.06. The molecular formula is C12H24O2. The SMILES string of the molecule is CCCCC(CCCC)C1CCOO1. The van der Waals surface area contributed by atoms with Gasteiger partial charge in [0.05, 0.1) is 12.7 Å². The van der Waals surface area contributed by atoms with E-state index in [1.807, 2.05) is 0 Å². The van der Waals surface area contributed by atoms with Crippen molar-refractivity contribution in [1.29, 1.82) is 0 Å². The molecule has 0 N–H and O–H groups in total. The fraction of sp³-hybridized carbons (Fsp3) is 1.00. The minimum Gasteiger partial charge on any atom is -0.236 e. The Labute approximate surface area is 87.9 Å². The van der Waals surface area contributed by atoms with Crippen LogP contribution in [0.1, 0.15) is 58.8 Å². The van der Waals surface area contributed by atoms with E-state index in [0.717, 1.165) is 18.9 Å². The molecule has 1 rings (SSSR count). The zero-order valence-corrected chi connectivity index (χ0v) is 9.63. The minimum atomic E-state index is 0.382. The molecule has 1 unspecified atom stereocenters. The van der Waals surface area contributed by atoms with Crippen molar-refractivity contribution in [2.75, 3.05) is 6.61 Å². The molecule has 0 aromatic heterocycles. The summed E-state index contributed by atoms with van der Waals surface area (Å²) >= 11 is 0. The van der Waals surface area contributed by atoms with E-state index in [0.29, 0.717) is 6.10 Å². The number of hydrogen-bond acceptors (Lipinski definition) is 2. The number of hydrogen-bond donors (Lipinski definition) is 0. The van der Waals surface area contributed by atoms with E-state index in [4.69, 9.17) is 9.78 Å². The number of rotatable bonds is 7. The summed E-state index contributed by atoms with van der Waals surface area (Å²) in [6, 6.07) is 0. The third-order valence-electron chi connectivity index (χ3n) is 3.06. The van der Waals surface area contributed by atoms with Gasteiger partial charge in [0.2, 0.25) is 0 Å². The summed E-state index contributed by atoms with van der Waals surface area (Å²) < 4.78 is 0. The number of unbranched alkanes of at least 4 members (excludes halogenated alkanes) is 2. The summed E-state index contributed by atoms with van der Waals surface area (Å²) in [7, 11) is 0. The second-order valence-electron chi connectivity index (χ2n) is 4.29. The molecule has 0 radical (unpaired) electrons. The lowest BCUT2D eigenvalue weighted by Gasteiger charge is -2.20. The van der Waals surface area contributed by atoms with Crippen LogP contribution >= 0.6 is 0 Å². The summed E-state index contributed by atoms with van der Waals surface area (Å²) in [6.07, 6.45) is 9.33. The first-order valence-electron chi connectivity index (χ1n) is 6.16. The minimum absolute atomic E-state index is 0.382. The van der Waals surface area contributed by atoms with Crippen molar-refractivity contribution in [3.8, 4) is 0 Å². The van der Waals surface area contributed by atoms with Gasteiger partial charge in [-0.05, 0) is 18.8 Å². The quantitative estimate of drug-likeness (QED) is 0.583. The first-order chi connectivity index (χ1) is 6.88. The normalized spacial score (nSPS) is 22.1. The largest absolute Gasteiger partial charge is 0.236 e. The fourth-order valence-corrected chi connectivity index (χ4v) is 2.11. The maximum Gasteiger partial charge on any atom is 0.0981 e. The van der Waals surface area contributed by atoms with Gasteiger partial charge in [-0.1, -0.05) is 39.5 Å². The van der Waals surface area contributed by atoms with Crippen LogP contribution < -0.4 is 0 Å². The molecule has 1 aliphatic heterocycles. The molecule has 0 bridgehead atoms. The first-order valence-corrected chi connectivity index (χ1v) is 6.16. The Hall–Kier alpha value is -0.0800. The van der Waals surface area contributed by atoms with Gasteiger partial charge >= 0.3 is 0 Å². The summed E-state index contributed by atoms with van der Waals surface area (Å²) in [5.74, 6) is 0.734. The van der Waals surface area contributed by atoms with E-state index in [1.165, 1.54) is 38.5 Å². The van der Waals surface area contributed by atoms with Gasteiger partial charge in [-0.25, -0.2) is 9.78 Å². The maximum atomic E-state index is 5.31. The fourth-order valence-electron chi connectivity index (χ4n) is 2.11. The van der Waals surface area contributed by atoms with Crippen LogP contribution in [0.4, 0.5) is 0 Å². The van der Waals surface area contributed by atoms with E-state index >= 15 is 0 Å². The average Bonchev–Trinajstić information content (AvgIpc) is 2.71. The van der Waals surface area contributed by atoms with Crippen molar-refractivity contribution in [2.24, 2.45) is 5.92 Å². The highest BCUT2D eigenvalue weighted by atomic mass is 17.2. The Bertz CT molecular complexity index is 122. The Morgan fingerprint density at radius 3 is 2.21 bits per heavy atom. The molecule has 0 amide bonds. The van der Waals surface area contributed by atoms with Gasteiger partial charge in [-0.2, -0.15) is 0 Å². The molecule has 1 fully saturated rings. The van der Waals surface area contributed by atoms with Gasteiger partial charge in [-0.15, -0.1) is 0 Å². The van der Waals surface area contributed by atoms with E-state index in [9.17, 15) is 0 Å². The lowest BCUT2D eigenvalue weighted by atomic mass is 9.89. The third kappa shape index (κ3) is 3.97. The van der Waals surface area contributed by atoms with Gasteiger partial charge < -0.3 is 0 Å². The van der Waals surface area contributed by atoms with Crippen LogP contribution in [0.15, 0.2) is 0 Å². The highest BCUT2D eigenvalue weighted by Crippen LogP contribution is 2.27. The molecule has 1 saturated heterocycles. The van der Waals surface area contributed by atoms with Gasteiger partial charge in [0.1, 0.15) is 0 Å². The molecule has 1 aliphatic rings. The predicted octanol–water partition coefficient (Wildman–Crippen LogP) is 3.70. The Kier molecular flexibility index (Phi) is 6.20. The molecule has 1 atom stereocenters. The Morgan fingerprint density at radius 2 is 1.79 bits per heavy atom. The first kappa shape index (κ1) is 12.0. The lowest BCUT2D eigenvalue weighted by Crippen LogP contribution is -2.19. The standard InChI is InChI=1S/C12H24O2/c1-3-5-7-11(8-6-4-2)12-9-10-13-14-12/h11-12H,3-10H2,1-2H3. The smallest absolute Gasteiger partial charge is 0.0981 e. The zero-order valence-electron chi connectivity index (χ0n) is 9.63. The van der Waals surface area contributed by atoms with Crippen molar-refractivity contribution < 1.29 is 9.78 Å². The van der Waals surface area contributed by atoms with Gasteiger partial charge in [0.15, 0.2) is 0 Å². The second-order valence-corrected chi connectivity index (χ2v) is 4.29. The van der Waals surface area contributed by atoms with Crippen LogP contribution in [0.25, 0.3) is 0 Å². The van der Waals surface area contributed by atoms with Crippen molar-refractivity contribution in [3.05, 3.63) is 0 Å². The zero-order chi connectivity index (χ0) is 10.2. The second kappa shape index (κ2) is 7.24. The topological polar surface area (TPSA) is 18.5 Å². The van der Waals surface area contributed by atoms with Crippen LogP contribution in [0.5, 0.6) is 0 Å². The van der Waals surface area contributed by atoms with Gasteiger partial charge in [0.25, 0.3) is 0 Å². The summed E-state index contributed by atoms with van der Waals surface area (Å²) in [5.41, 5.74) is 0. The van der Waals surface area contributed by atoms with Crippen molar-refractivity contribution in [3.63, 3.8) is 0 Å². The molecule has 1 heterocycles. The van der Waals surface area contributed by atoms with Crippen molar-refractivity contribution in [1.82, 2.24) is 0 Å². The highest BCUT2D eigenvalue weighted by molar-refractivity contribution is 4.71. The van der Waals surface area contributed by atoms with Crippen LogP contribution in [-0.2, 0) is 9.78 Å². The molecule has 0 spiro atoms. The molecule has 0 saturated carbocycles. The predicted molar refractivity (Wildman–Crippen MR) is 58.0 cm³/mol. The van der Waals surface area contributed by atoms with Crippen molar-refractivity contribution >= 4 is 0 Å². The lowest BCUT2D eigenvalue weighted by molar-refractivity contribution is -0.283. The molecule has 0 aromatic carbocycles. The van der Waals surface area contributed by atoms with Gasteiger partial charge in [-0.3, -0.25) is 0 Å². The van der Waals surface area contributed by atoms with Crippen LogP contribution in [-0.4, -0.2) is 12.7 Å². The average molecular weight is 200 g/mol. The summed E-state index contributed by atoms with van der Waals surface area (Å²) in [5, 5.41) is 0. The molecular weight excluding hydrogens is 176 g/mol. The van der Waals surface area contributed by atoms with Gasteiger partial charge in [0, 0.05) is 6.42 Å². The summed E-state index contributed by atoms with van der Waals surface area (Å²) in [6.45, 7) is 5.30. The summed E-state index contributed by atoms with van der Waals surface area (Å²) in [4.78, 5) is 10.3. The molecule has 2 nitrogen and oxygen atoms in total. The van der Waals surface area contributed by atoms with E-state index in [2.05, 4.69) is 13.8 Å². The van der Waals surface area contributed by atoms with E-state index < -0.39 is 0 Å². The van der Waals surface area contributed by atoms with Crippen LogP contribution in [0, 0.1) is 5.92 Å². The molecule has 14 heavy (non-hydrogen) atoms. The maximum absolute atomic E-state index is 5.31. The Morgan fingerprint density at radius 1 is 1.14 bits per heavy atom. The molecule has 0 aliphatic carbocycles. The monoisotopic (exact) mass is 200 g/mol. The highest BCUT2D eigenvalue weighted by Gasteiger charge is 2.26. The molecule has 84 valence electrons. The molecule has 0 aromatic rings. The van der Waals surface area contributed by atoms with E-state index in [1.54, 1.807) is 0 Å². The molecule has 2 heteroatoms. The van der Waals surface area contributed by atoms with E-state index in [-0.39, 0.29) is 0 Å². The van der Waals surface area contributed by atoms with Crippen LogP contribution in [0.2, 0.25) is 0 Å². The van der Waals surface area contributed by atoms with Crippen molar-refractivity contribution in [2.45, 2.75) is 64.9 Å². The Balaban J connectivity index is 2.26.